The first-order valence-corrected chi connectivity index (χ1v) is 10.6. The Hall–Kier alpha value is -1.99. The van der Waals surface area contributed by atoms with Crippen LogP contribution in [0.4, 0.5) is 0 Å². The van der Waals surface area contributed by atoms with E-state index in [2.05, 4.69) is 10.3 Å². The third-order valence-corrected chi connectivity index (χ3v) is 7.62. The van der Waals surface area contributed by atoms with Crippen molar-refractivity contribution in [1.82, 2.24) is 4.57 Å². The molecule has 0 saturated carbocycles. The number of thiophene rings is 1. The topological polar surface area (TPSA) is 69.9 Å². The lowest BCUT2D eigenvalue weighted by Gasteiger charge is -2.08. The van der Waals surface area contributed by atoms with Crippen molar-refractivity contribution in [3.8, 4) is 23.8 Å². The highest BCUT2D eigenvalue weighted by Gasteiger charge is 2.19. The first kappa shape index (κ1) is 18.8. The molecule has 0 unspecified atom stereocenters. The standard InChI is InChI=1S/C16H13ClN2O4S3/c1-4-9-19-14-10(22-2)5-6-11(23-3)15(14)25-16(19)18-26(20,21)13-8-7-12(17)24-13/h1,5-8H,9H2,2-3H3. The van der Waals surface area contributed by atoms with Crippen molar-refractivity contribution < 1.29 is 17.9 Å². The molecule has 10 heteroatoms. The molecule has 0 aliphatic carbocycles. The second-order valence-electron chi connectivity index (χ2n) is 4.95. The number of terminal acetylenes is 1. The number of sulfonamides is 1. The molecule has 3 rings (SSSR count). The van der Waals surface area contributed by atoms with Gasteiger partial charge in [-0.05, 0) is 24.3 Å². The molecule has 0 atom stereocenters. The van der Waals surface area contributed by atoms with Crippen LogP contribution >= 0.6 is 34.3 Å². The Morgan fingerprint density at radius 2 is 1.88 bits per heavy atom. The van der Waals surface area contributed by atoms with E-state index in [1.54, 1.807) is 16.7 Å². The summed E-state index contributed by atoms with van der Waals surface area (Å²) in [5.74, 6) is 3.65. The second kappa shape index (κ2) is 7.32. The van der Waals surface area contributed by atoms with Crippen molar-refractivity contribution in [3.63, 3.8) is 0 Å². The van der Waals surface area contributed by atoms with Gasteiger partial charge in [0.1, 0.15) is 25.9 Å². The minimum Gasteiger partial charge on any atom is -0.495 e. The van der Waals surface area contributed by atoms with Gasteiger partial charge in [-0.25, -0.2) is 0 Å². The van der Waals surface area contributed by atoms with Crippen LogP contribution < -0.4 is 14.3 Å². The molecule has 0 amide bonds. The molecule has 0 aliphatic heterocycles. The largest absolute Gasteiger partial charge is 0.495 e. The normalized spacial score (nSPS) is 12.3. The van der Waals surface area contributed by atoms with Crippen molar-refractivity contribution in [1.29, 1.82) is 0 Å². The molecular formula is C16H13ClN2O4S3. The number of ether oxygens (including phenoxy) is 2. The molecular weight excluding hydrogens is 416 g/mol. The van der Waals surface area contributed by atoms with E-state index in [9.17, 15) is 8.42 Å². The van der Waals surface area contributed by atoms with E-state index >= 15 is 0 Å². The van der Waals surface area contributed by atoms with Gasteiger partial charge >= 0.3 is 0 Å². The highest BCUT2D eigenvalue weighted by Crippen LogP contribution is 2.35. The summed E-state index contributed by atoms with van der Waals surface area (Å²) in [5.41, 5.74) is 0.632. The second-order valence-corrected chi connectivity index (χ2v) is 9.47. The Morgan fingerprint density at radius 3 is 2.46 bits per heavy atom. The quantitative estimate of drug-likeness (QED) is 0.584. The van der Waals surface area contributed by atoms with Crippen molar-refractivity contribution in [2.45, 2.75) is 10.8 Å². The average molecular weight is 429 g/mol. The van der Waals surface area contributed by atoms with Gasteiger partial charge < -0.3 is 14.0 Å². The van der Waals surface area contributed by atoms with Crippen LogP contribution in [0.3, 0.4) is 0 Å². The van der Waals surface area contributed by atoms with E-state index in [0.29, 0.717) is 26.1 Å². The maximum atomic E-state index is 12.6. The number of hydrogen-bond acceptors (Lipinski definition) is 6. The lowest BCUT2D eigenvalue weighted by Crippen LogP contribution is -2.16. The molecule has 0 N–H and O–H groups in total. The van der Waals surface area contributed by atoms with Crippen LogP contribution in [-0.4, -0.2) is 27.2 Å². The summed E-state index contributed by atoms with van der Waals surface area (Å²) in [6.45, 7) is 0.128. The maximum Gasteiger partial charge on any atom is 0.294 e. The summed E-state index contributed by atoms with van der Waals surface area (Å²) < 4.78 is 42.7. The molecule has 0 aliphatic rings. The summed E-state index contributed by atoms with van der Waals surface area (Å²) in [6.07, 6.45) is 5.48. The van der Waals surface area contributed by atoms with Gasteiger partial charge in [0, 0.05) is 0 Å². The zero-order chi connectivity index (χ0) is 18.9. The number of thiazole rings is 1. The van der Waals surface area contributed by atoms with Crippen molar-refractivity contribution in [2.75, 3.05) is 14.2 Å². The average Bonchev–Trinajstić information content (AvgIpc) is 3.19. The van der Waals surface area contributed by atoms with Gasteiger partial charge in [-0.2, -0.15) is 8.42 Å². The predicted octanol–water partition coefficient (Wildman–Crippen LogP) is 3.36. The fourth-order valence-electron chi connectivity index (χ4n) is 2.35. The molecule has 26 heavy (non-hydrogen) atoms. The van der Waals surface area contributed by atoms with Crippen LogP contribution in [0.15, 0.2) is 32.9 Å². The molecule has 0 spiro atoms. The van der Waals surface area contributed by atoms with E-state index in [1.165, 1.54) is 26.4 Å². The van der Waals surface area contributed by atoms with Gasteiger partial charge in [-0.15, -0.1) is 22.2 Å². The number of nitrogens with zero attached hydrogens (tertiary/aromatic N) is 2. The summed E-state index contributed by atoms with van der Waals surface area (Å²) in [7, 11) is -0.858. The Labute approximate surface area is 163 Å². The third kappa shape index (κ3) is 3.33. The van der Waals surface area contributed by atoms with Crippen LogP contribution in [0.5, 0.6) is 11.5 Å². The number of fused-ring (bicyclic) bond motifs is 1. The van der Waals surface area contributed by atoms with Crippen LogP contribution in [0.1, 0.15) is 0 Å². The first-order valence-electron chi connectivity index (χ1n) is 7.15. The van der Waals surface area contributed by atoms with Gasteiger partial charge in [-0.1, -0.05) is 28.9 Å². The molecule has 0 radical (unpaired) electrons. The molecule has 0 bridgehead atoms. The number of methoxy groups -OCH3 is 2. The van der Waals surface area contributed by atoms with Gasteiger partial charge in [0.2, 0.25) is 4.80 Å². The highest BCUT2D eigenvalue weighted by molar-refractivity contribution is 7.92. The first-order chi connectivity index (χ1) is 12.4. The fraction of sp³-hybridized carbons (Fsp3) is 0.188. The van der Waals surface area contributed by atoms with Gasteiger partial charge in [0.25, 0.3) is 10.0 Å². The summed E-state index contributed by atoms with van der Waals surface area (Å²) >= 11 is 7.95. The maximum absolute atomic E-state index is 12.6. The van der Waals surface area contributed by atoms with Crippen LogP contribution in [0.2, 0.25) is 4.34 Å². The minimum absolute atomic E-state index is 0.0612. The monoisotopic (exact) mass is 428 g/mol. The van der Waals surface area contributed by atoms with Crippen LogP contribution in [0.25, 0.3) is 10.2 Å². The highest BCUT2D eigenvalue weighted by atomic mass is 35.5. The summed E-state index contributed by atoms with van der Waals surface area (Å²) in [5, 5.41) is 0. The number of aromatic nitrogens is 1. The van der Waals surface area contributed by atoms with E-state index < -0.39 is 10.0 Å². The molecule has 0 fully saturated rings. The zero-order valence-electron chi connectivity index (χ0n) is 13.7. The SMILES string of the molecule is C#CCn1c(=NS(=O)(=O)c2ccc(Cl)s2)sc2c(OC)ccc(OC)c21. The third-order valence-electron chi connectivity index (χ3n) is 3.44. The Bertz CT molecular complexity index is 1180. The van der Waals surface area contributed by atoms with Crippen LogP contribution in [-0.2, 0) is 16.6 Å². The molecule has 1 aromatic carbocycles. The molecule has 6 nitrogen and oxygen atoms in total. The Kier molecular flexibility index (Phi) is 5.29. The molecule has 136 valence electrons. The van der Waals surface area contributed by atoms with Gasteiger partial charge in [0.15, 0.2) is 0 Å². The minimum atomic E-state index is -3.92. The smallest absolute Gasteiger partial charge is 0.294 e. The number of benzene rings is 1. The number of rotatable bonds is 5. The lowest BCUT2D eigenvalue weighted by atomic mass is 10.3. The van der Waals surface area contributed by atoms with Crippen molar-refractivity contribution in [3.05, 3.63) is 33.4 Å². The van der Waals surface area contributed by atoms with Crippen LogP contribution in [0, 0.1) is 12.3 Å². The van der Waals surface area contributed by atoms with Gasteiger partial charge in [-0.3, -0.25) is 0 Å². The summed E-state index contributed by atoms with van der Waals surface area (Å²) in [4.78, 5) is 0.227. The Morgan fingerprint density at radius 1 is 1.19 bits per heavy atom. The van der Waals surface area contributed by atoms with E-state index in [1.807, 2.05) is 0 Å². The predicted molar refractivity (Wildman–Crippen MR) is 104 cm³/mol. The number of halogens is 1. The van der Waals surface area contributed by atoms with Crippen molar-refractivity contribution in [2.24, 2.45) is 4.40 Å². The molecule has 2 heterocycles. The lowest BCUT2D eigenvalue weighted by molar-refractivity contribution is 0.409. The van der Waals surface area contributed by atoms with Crippen molar-refractivity contribution >= 4 is 54.5 Å². The molecule has 2 aromatic heterocycles. The summed E-state index contributed by atoms with van der Waals surface area (Å²) in [6, 6.07) is 6.42. The van der Waals surface area contributed by atoms with E-state index in [4.69, 9.17) is 27.5 Å². The van der Waals surface area contributed by atoms with Gasteiger partial charge in [0.05, 0.1) is 25.1 Å². The van der Waals surface area contributed by atoms with E-state index in [-0.39, 0.29) is 15.6 Å². The fourth-order valence-corrected chi connectivity index (χ4v) is 6.15. The molecule has 3 aromatic rings. The molecule has 0 saturated heterocycles. The zero-order valence-corrected chi connectivity index (χ0v) is 16.9. The number of hydrogen-bond donors (Lipinski definition) is 0. The Balaban J connectivity index is 2.36. The van der Waals surface area contributed by atoms with E-state index in [0.717, 1.165) is 22.7 Å².